The number of esters is 1. The van der Waals surface area contributed by atoms with Crippen molar-refractivity contribution in [2.75, 3.05) is 25.6 Å². The molecule has 0 heterocycles. The minimum atomic E-state index is -0.914. The standard InChI is InChI=1S/C23H37NO5/c1-8-12-29-23(14-16(3)4,15-17(5)6)22(26)24-18-10-11-20(27-7)19(13-18)21(25)28-9-2/h10-11,13,16-17H,8-9,12,14-15H2,1-7H3,(H,24,26). The lowest BCUT2D eigenvalue weighted by Gasteiger charge is -2.35. The van der Waals surface area contributed by atoms with E-state index in [0.29, 0.717) is 42.7 Å². The molecule has 0 spiro atoms. The summed E-state index contributed by atoms with van der Waals surface area (Å²) in [5.41, 5.74) is -0.127. The lowest BCUT2D eigenvalue weighted by atomic mass is 9.83. The van der Waals surface area contributed by atoms with Crippen molar-refractivity contribution >= 4 is 17.6 Å². The van der Waals surface area contributed by atoms with Gasteiger partial charge in [-0.25, -0.2) is 4.79 Å². The number of ether oxygens (including phenoxy) is 3. The van der Waals surface area contributed by atoms with Gasteiger partial charge < -0.3 is 19.5 Å². The summed E-state index contributed by atoms with van der Waals surface area (Å²) in [6.07, 6.45) is 2.08. The second kappa shape index (κ2) is 11.8. The molecule has 1 amide bonds. The van der Waals surface area contributed by atoms with Gasteiger partial charge in [0.2, 0.25) is 0 Å². The number of nitrogens with one attached hydrogen (secondary N) is 1. The highest BCUT2D eigenvalue weighted by molar-refractivity contribution is 5.99. The molecule has 0 saturated carbocycles. The Labute approximate surface area is 175 Å². The fourth-order valence-corrected chi connectivity index (χ4v) is 3.47. The van der Waals surface area contributed by atoms with Crippen molar-refractivity contribution in [1.29, 1.82) is 0 Å². The SMILES string of the molecule is CCCOC(CC(C)C)(CC(C)C)C(=O)Nc1ccc(OC)c(C(=O)OCC)c1. The van der Waals surface area contributed by atoms with Gasteiger partial charge in [-0.15, -0.1) is 0 Å². The van der Waals surface area contributed by atoms with E-state index >= 15 is 0 Å². The van der Waals surface area contributed by atoms with Crippen LogP contribution in [0.4, 0.5) is 5.69 Å². The zero-order valence-electron chi connectivity index (χ0n) is 19.0. The predicted octanol–water partition coefficient (Wildman–Crippen LogP) is 5.07. The number of carbonyl (C=O) groups is 2. The van der Waals surface area contributed by atoms with Crippen molar-refractivity contribution in [1.82, 2.24) is 0 Å². The smallest absolute Gasteiger partial charge is 0.341 e. The third-order valence-electron chi connectivity index (χ3n) is 4.42. The van der Waals surface area contributed by atoms with Crippen LogP contribution >= 0.6 is 0 Å². The topological polar surface area (TPSA) is 73.9 Å². The zero-order valence-corrected chi connectivity index (χ0v) is 19.0. The highest BCUT2D eigenvalue weighted by Crippen LogP contribution is 2.32. The Balaban J connectivity index is 3.23. The minimum absolute atomic E-state index is 0.187. The maximum atomic E-state index is 13.4. The summed E-state index contributed by atoms with van der Waals surface area (Å²) in [7, 11) is 1.49. The molecular formula is C23H37NO5. The van der Waals surface area contributed by atoms with Crippen molar-refractivity contribution in [3.8, 4) is 5.75 Å². The molecule has 164 valence electrons. The highest BCUT2D eigenvalue weighted by Gasteiger charge is 2.40. The van der Waals surface area contributed by atoms with Crippen LogP contribution in [-0.4, -0.2) is 37.8 Å². The van der Waals surface area contributed by atoms with Gasteiger partial charge in [0, 0.05) is 12.3 Å². The van der Waals surface area contributed by atoms with Crippen LogP contribution in [-0.2, 0) is 14.3 Å². The molecular weight excluding hydrogens is 370 g/mol. The summed E-state index contributed by atoms with van der Waals surface area (Å²) in [5, 5.41) is 2.96. The van der Waals surface area contributed by atoms with Crippen LogP contribution in [0.15, 0.2) is 18.2 Å². The Bertz CT molecular complexity index is 659. The van der Waals surface area contributed by atoms with Crippen LogP contribution in [0.3, 0.4) is 0 Å². The molecule has 0 unspecified atom stereocenters. The largest absolute Gasteiger partial charge is 0.496 e. The van der Waals surface area contributed by atoms with Crippen LogP contribution in [0.5, 0.6) is 5.75 Å². The fraction of sp³-hybridized carbons (Fsp3) is 0.652. The number of anilines is 1. The van der Waals surface area contributed by atoms with E-state index in [4.69, 9.17) is 14.2 Å². The molecule has 29 heavy (non-hydrogen) atoms. The predicted molar refractivity (Wildman–Crippen MR) is 115 cm³/mol. The first-order valence-corrected chi connectivity index (χ1v) is 10.5. The average Bonchev–Trinajstić information content (AvgIpc) is 2.65. The van der Waals surface area contributed by atoms with Gasteiger partial charge in [0.15, 0.2) is 0 Å². The number of methoxy groups -OCH3 is 1. The number of amides is 1. The van der Waals surface area contributed by atoms with E-state index in [1.54, 1.807) is 25.1 Å². The molecule has 1 aromatic rings. The van der Waals surface area contributed by atoms with Crippen molar-refractivity contribution < 1.29 is 23.8 Å². The normalized spacial score (nSPS) is 11.6. The van der Waals surface area contributed by atoms with E-state index in [-0.39, 0.29) is 18.1 Å². The van der Waals surface area contributed by atoms with Gasteiger partial charge in [-0.2, -0.15) is 0 Å². The monoisotopic (exact) mass is 407 g/mol. The molecule has 0 bridgehead atoms. The first kappa shape index (κ1) is 25.0. The molecule has 0 aliphatic rings. The van der Waals surface area contributed by atoms with E-state index in [0.717, 1.165) is 6.42 Å². The Hall–Kier alpha value is -2.08. The molecule has 0 aromatic heterocycles. The van der Waals surface area contributed by atoms with Crippen LogP contribution in [0.1, 0.15) is 71.2 Å². The first-order valence-electron chi connectivity index (χ1n) is 10.5. The van der Waals surface area contributed by atoms with Crippen molar-refractivity contribution in [2.24, 2.45) is 11.8 Å². The third kappa shape index (κ3) is 7.35. The second-order valence-electron chi connectivity index (χ2n) is 8.13. The van der Waals surface area contributed by atoms with E-state index in [2.05, 4.69) is 33.0 Å². The number of hydrogen-bond donors (Lipinski definition) is 1. The van der Waals surface area contributed by atoms with Crippen molar-refractivity contribution in [3.05, 3.63) is 23.8 Å². The lowest BCUT2D eigenvalue weighted by Crippen LogP contribution is -2.48. The minimum Gasteiger partial charge on any atom is -0.496 e. The van der Waals surface area contributed by atoms with Gasteiger partial charge in [-0.3, -0.25) is 4.79 Å². The lowest BCUT2D eigenvalue weighted by molar-refractivity contribution is -0.147. The number of carbonyl (C=O) groups excluding carboxylic acids is 2. The molecule has 1 aromatic carbocycles. The highest BCUT2D eigenvalue weighted by atomic mass is 16.5. The van der Waals surface area contributed by atoms with Gasteiger partial charge in [-0.1, -0.05) is 34.6 Å². The maximum Gasteiger partial charge on any atom is 0.341 e. The molecule has 0 aliphatic carbocycles. The molecule has 0 fully saturated rings. The van der Waals surface area contributed by atoms with Gasteiger partial charge in [-0.05, 0) is 56.2 Å². The molecule has 0 aliphatic heterocycles. The van der Waals surface area contributed by atoms with Gasteiger partial charge in [0.05, 0.1) is 13.7 Å². The summed E-state index contributed by atoms with van der Waals surface area (Å²) in [4.78, 5) is 25.6. The summed E-state index contributed by atoms with van der Waals surface area (Å²) in [6, 6.07) is 4.96. The average molecular weight is 408 g/mol. The Kier molecular flexibility index (Phi) is 10.2. The molecule has 1 N–H and O–H groups in total. The molecule has 0 saturated heterocycles. The Morgan fingerprint density at radius 3 is 2.17 bits per heavy atom. The molecule has 6 nitrogen and oxygen atoms in total. The summed E-state index contributed by atoms with van der Waals surface area (Å²) >= 11 is 0. The summed E-state index contributed by atoms with van der Waals surface area (Å²) in [5.74, 6) is 0.315. The van der Waals surface area contributed by atoms with E-state index < -0.39 is 11.6 Å². The van der Waals surface area contributed by atoms with Crippen molar-refractivity contribution in [3.63, 3.8) is 0 Å². The summed E-state index contributed by atoms with van der Waals surface area (Å²) in [6.45, 7) is 12.9. The fourth-order valence-electron chi connectivity index (χ4n) is 3.47. The van der Waals surface area contributed by atoms with E-state index in [1.807, 2.05) is 6.92 Å². The van der Waals surface area contributed by atoms with Gasteiger partial charge in [0.1, 0.15) is 16.9 Å². The van der Waals surface area contributed by atoms with E-state index in [9.17, 15) is 9.59 Å². The zero-order chi connectivity index (χ0) is 22.0. The van der Waals surface area contributed by atoms with Gasteiger partial charge >= 0.3 is 5.97 Å². The van der Waals surface area contributed by atoms with Crippen LogP contribution in [0.2, 0.25) is 0 Å². The Morgan fingerprint density at radius 1 is 1.07 bits per heavy atom. The quantitative estimate of drug-likeness (QED) is 0.490. The van der Waals surface area contributed by atoms with Gasteiger partial charge in [0.25, 0.3) is 5.91 Å². The molecule has 6 heteroatoms. The van der Waals surface area contributed by atoms with Crippen molar-refractivity contribution in [2.45, 2.75) is 66.4 Å². The van der Waals surface area contributed by atoms with E-state index in [1.165, 1.54) is 7.11 Å². The van der Waals surface area contributed by atoms with Crippen LogP contribution in [0, 0.1) is 11.8 Å². The van der Waals surface area contributed by atoms with Crippen LogP contribution < -0.4 is 10.1 Å². The number of hydrogen-bond acceptors (Lipinski definition) is 5. The molecule has 0 radical (unpaired) electrons. The second-order valence-corrected chi connectivity index (χ2v) is 8.13. The summed E-state index contributed by atoms with van der Waals surface area (Å²) < 4.78 is 16.5. The number of rotatable bonds is 12. The number of benzene rings is 1. The third-order valence-corrected chi connectivity index (χ3v) is 4.42. The molecule has 1 rings (SSSR count). The Morgan fingerprint density at radius 2 is 1.69 bits per heavy atom. The maximum absolute atomic E-state index is 13.4. The molecule has 0 atom stereocenters. The first-order chi connectivity index (χ1) is 13.7. The van der Waals surface area contributed by atoms with Crippen LogP contribution in [0.25, 0.3) is 0 Å².